The van der Waals surface area contributed by atoms with Crippen molar-refractivity contribution < 1.29 is 0 Å². The molecule has 0 amide bonds. The maximum Gasteiger partial charge on any atom is 0.252 e. The molecule has 0 saturated heterocycles. The number of hydrogen-bond donors (Lipinski definition) is 0. The molecule has 4 aliphatic rings. The molecule has 0 fully saturated rings. The molecule has 274 valence electrons. The summed E-state index contributed by atoms with van der Waals surface area (Å²) in [5, 5.41) is 0. The van der Waals surface area contributed by atoms with Crippen LogP contribution in [0.15, 0.2) is 109 Å². The molecular weight excluding hydrogens is 663 g/mol. The molecule has 55 heavy (non-hydrogen) atoms. The second-order valence-electron chi connectivity index (χ2n) is 19.9. The lowest BCUT2D eigenvalue weighted by molar-refractivity contribution is 0.392. The van der Waals surface area contributed by atoms with Gasteiger partial charge in [0.1, 0.15) is 0 Å². The molecule has 2 aliphatic carbocycles. The van der Waals surface area contributed by atoms with Crippen molar-refractivity contribution in [3.8, 4) is 11.1 Å². The minimum atomic E-state index is 0.0223. The van der Waals surface area contributed by atoms with E-state index in [1.165, 1.54) is 101 Å². The Morgan fingerprint density at radius 1 is 0.509 bits per heavy atom. The average molecular weight is 717 g/mol. The number of aryl methyl sites for hydroxylation is 2. The number of fused-ring (bicyclic) bond motifs is 6. The highest BCUT2D eigenvalue weighted by Gasteiger charge is 2.46. The van der Waals surface area contributed by atoms with Gasteiger partial charge >= 0.3 is 0 Å². The fourth-order valence-corrected chi connectivity index (χ4v) is 10.6. The van der Waals surface area contributed by atoms with E-state index < -0.39 is 0 Å². The van der Waals surface area contributed by atoms with Gasteiger partial charge in [-0.25, -0.2) is 0 Å². The molecule has 0 unspecified atom stereocenters. The van der Waals surface area contributed by atoms with Crippen molar-refractivity contribution in [1.82, 2.24) is 0 Å². The Hall–Kier alpha value is -5.02. The first kappa shape index (κ1) is 34.5. The first-order chi connectivity index (χ1) is 26.2. The third kappa shape index (κ3) is 5.44. The van der Waals surface area contributed by atoms with E-state index in [1.54, 1.807) is 0 Å². The summed E-state index contributed by atoms with van der Waals surface area (Å²) < 4.78 is 0. The van der Waals surface area contributed by atoms with Gasteiger partial charge in [-0.3, -0.25) is 0 Å². The zero-order valence-corrected chi connectivity index (χ0v) is 34.2. The Bertz CT molecular complexity index is 2570. The Morgan fingerprint density at radius 3 is 1.56 bits per heavy atom. The van der Waals surface area contributed by atoms with Crippen molar-refractivity contribution in [1.29, 1.82) is 0 Å². The van der Waals surface area contributed by atoms with Crippen LogP contribution in [0.1, 0.15) is 87.4 Å². The van der Waals surface area contributed by atoms with Gasteiger partial charge in [0.2, 0.25) is 0 Å². The summed E-state index contributed by atoms with van der Waals surface area (Å²) in [6, 6.07) is 42.7. The highest BCUT2D eigenvalue weighted by atomic mass is 15.2. The maximum absolute atomic E-state index is 2.66. The summed E-state index contributed by atoms with van der Waals surface area (Å²) in [5.74, 6) is 0. The molecule has 0 saturated carbocycles. The topological polar surface area (TPSA) is 6.48 Å². The van der Waals surface area contributed by atoms with Crippen LogP contribution in [0.4, 0.5) is 34.1 Å². The van der Waals surface area contributed by atoms with Gasteiger partial charge in [-0.15, -0.1) is 0 Å². The molecule has 2 aliphatic heterocycles. The van der Waals surface area contributed by atoms with Crippen molar-refractivity contribution in [3.63, 3.8) is 0 Å². The van der Waals surface area contributed by atoms with Gasteiger partial charge in [0.25, 0.3) is 6.71 Å². The molecule has 0 atom stereocenters. The molecule has 0 spiro atoms. The van der Waals surface area contributed by atoms with Crippen LogP contribution in [0.2, 0.25) is 0 Å². The highest BCUT2D eigenvalue weighted by Crippen LogP contribution is 2.50. The number of nitrogens with zero attached hydrogens (tertiary/aromatic N) is 2. The standard InChI is InChI=1S/C52H53BN2/c1-32-21-47-49-48(22-32)55(44-20-19-39(50(3,4)5)27-40(44)34-16-11-10-12-17-34)46-26-38-31-52(8,9)29-36(38)24-42(46)53(49)41-23-35-28-51(6,7)30-37(35)25-45(41)54(47)43-18-14-13-15-33(43)2/h10-27H,28-31H2,1-9H3. The molecule has 6 aromatic rings. The van der Waals surface area contributed by atoms with Crippen LogP contribution in [-0.2, 0) is 31.1 Å². The van der Waals surface area contributed by atoms with E-state index in [0.717, 1.165) is 25.7 Å². The average Bonchev–Trinajstić information content (AvgIpc) is 3.61. The molecule has 3 heteroatoms. The Labute approximate surface area is 329 Å². The number of para-hydroxylation sites is 1. The van der Waals surface area contributed by atoms with Crippen LogP contribution in [-0.4, -0.2) is 6.71 Å². The molecular formula is C52H53BN2. The first-order valence-electron chi connectivity index (χ1n) is 20.5. The molecule has 6 aromatic carbocycles. The van der Waals surface area contributed by atoms with Crippen molar-refractivity contribution in [2.75, 3.05) is 9.80 Å². The number of anilines is 6. The van der Waals surface area contributed by atoms with Crippen LogP contribution >= 0.6 is 0 Å². The van der Waals surface area contributed by atoms with Crippen LogP contribution in [0.5, 0.6) is 0 Å². The van der Waals surface area contributed by atoms with Crippen molar-refractivity contribution in [2.45, 2.75) is 93.4 Å². The SMILES string of the molecule is Cc1cc2c3c(c1)N(c1ccc(C(C)(C)C)cc1-c1ccccc1)c1cc4c(cc1B3c1cc3c(cc1N2c1ccccc1C)CC(C)(C)C3)CC(C)(C)C4. The summed E-state index contributed by atoms with van der Waals surface area (Å²) >= 11 is 0. The lowest BCUT2D eigenvalue weighted by Crippen LogP contribution is -2.61. The monoisotopic (exact) mass is 716 g/mol. The predicted molar refractivity (Wildman–Crippen MR) is 236 cm³/mol. The summed E-state index contributed by atoms with van der Waals surface area (Å²) in [7, 11) is 0. The van der Waals surface area contributed by atoms with Crippen molar-refractivity contribution in [3.05, 3.63) is 148 Å². The Kier molecular flexibility index (Phi) is 7.36. The van der Waals surface area contributed by atoms with Gasteiger partial charge in [-0.2, -0.15) is 0 Å². The van der Waals surface area contributed by atoms with Crippen LogP contribution < -0.4 is 26.2 Å². The first-order valence-corrected chi connectivity index (χ1v) is 20.5. The van der Waals surface area contributed by atoms with Gasteiger partial charge in [-0.1, -0.05) is 115 Å². The second kappa shape index (κ2) is 11.7. The quantitative estimate of drug-likeness (QED) is 0.168. The van der Waals surface area contributed by atoms with Crippen LogP contribution in [0, 0.1) is 24.7 Å². The van der Waals surface area contributed by atoms with Gasteiger partial charge in [-0.05, 0) is 159 Å². The van der Waals surface area contributed by atoms with E-state index in [-0.39, 0.29) is 23.0 Å². The molecule has 0 aromatic heterocycles. The summed E-state index contributed by atoms with van der Waals surface area (Å²) in [6.45, 7) is 21.4. The molecule has 0 N–H and O–H groups in total. The fourth-order valence-electron chi connectivity index (χ4n) is 10.6. The normalized spacial score (nSPS) is 17.1. The van der Waals surface area contributed by atoms with E-state index in [4.69, 9.17) is 0 Å². The van der Waals surface area contributed by atoms with E-state index in [1.807, 2.05) is 0 Å². The lowest BCUT2D eigenvalue weighted by atomic mass is 9.33. The number of benzene rings is 6. The van der Waals surface area contributed by atoms with Gasteiger partial charge in [0.05, 0.1) is 5.69 Å². The Balaban J connectivity index is 1.32. The van der Waals surface area contributed by atoms with Crippen LogP contribution in [0.25, 0.3) is 11.1 Å². The molecule has 0 bridgehead atoms. The van der Waals surface area contributed by atoms with Crippen molar-refractivity contribution in [2.24, 2.45) is 10.8 Å². The summed E-state index contributed by atoms with van der Waals surface area (Å²) in [4.78, 5) is 5.29. The predicted octanol–water partition coefficient (Wildman–Crippen LogP) is 11.6. The fraction of sp³-hybridized carbons (Fsp3) is 0.308. The second-order valence-corrected chi connectivity index (χ2v) is 19.9. The van der Waals surface area contributed by atoms with Crippen LogP contribution in [0.3, 0.4) is 0 Å². The molecule has 10 rings (SSSR count). The van der Waals surface area contributed by atoms with Gasteiger partial charge in [0.15, 0.2) is 0 Å². The minimum absolute atomic E-state index is 0.0223. The third-order valence-electron chi connectivity index (χ3n) is 13.1. The minimum Gasteiger partial charge on any atom is -0.311 e. The summed E-state index contributed by atoms with van der Waals surface area (Å²) in [6.07, 6.45) is 4.46. The summed E-state index contributed by atoms with van der Waals surface area (Å²) in [5.41, 5.74) is 25.2. The third-order valence-corrected chi connectivity index (χ3v) is 13.1. The number of hydrogen-bond acceptors (Lipinski definition) is 2. The zero-order valence-electron chi connectivity index (χ0n) is 34.2. The largest absolute Gasteiger partial charge is 0.311 e. The molecule has 0 radical (unpaired) electrons. The van der Waals surface area contributed by atoms with Crippen molar-refractivity contribution >= 4 is 57.2 Å². The highest BCUT2D eigenvalue weighted by molar-refractivity contribution is 7.00. The van der Waals surface area contributed by atoms with E-state index in [2.05, 4.69) is 181 Å². The Morgan fingerprint density at radius 2 is 1.02 bits per heavy atom. The van der Waals surface area contributed by atoms with Gasteiger partial charge < -0.3 is 9.80 Å². The van der Waals surface area contributed by atoms with Gasteiger partial charge in [0, 0.05) is 34.0 Å². The molecule has 2 heterocycles. The van der Waals surface area contributed by atoms with E-state index in [9.17, 15) is 0 Å². The zero-order chi connectivity index (χ0) is 38.2. The maximum atomic E-state index is 2.66. The number of rotatable bonds is 3. The van der Waals surface area contributed by atoms with E-state index >= 15 is 0 Å². The lowest BCUT2D eigenvalue weighted by Gasteiger charge is -2.45. The van der Waals surface area contributed by atoms with E-state index in [0.29, 0.717) is 0 Å². The molecule has 2 nitrogen and oxygen atoms in total. The smallest absolute Gasteiger partial charge is 0.252 e.